The van der Waals surface area contributed by atoms with Crippen molar-refractivity contribution in [1.29, 1.82) is 0 Å². The van der Waals surface area contributed by atoms with Gasteiger partial charge in [0.15, 0.2) is 0 Å². The van der Waals surface area contributed by atoms with Crippen molar-refractivity contribution in [3.63, 3.8) is 0 Å². The van der Waals surface area contributed by atoms with E-state index in [0.717, 1.165) is 31.0 Å². The third-order valence-corrected chi connectivity index (χ3v) is 3.53. The lowest BCUT2D eigenvalue weighted by atomic mass is 10.0. The van der Waals surface area contributed by atoms with Gasteiger partial charge in [-0.15, -0.1) is 0 Å². The SMILES string of the molecule is COc1cc(C2COCCN2)cc2c(C)c[nH]c12. The van der Waals surface area contributed by atoms with Crippen molar-refractivity contribution in [2.75, 3.05) is 26.9 Å². The highest BCUT2D eigenvalue weighted by Gasteiger charge is 2.18. The van der Waals surface area contributed by atoms with Gasteiger partial charge in [0.05, 0.1) is 31.9 Å². The van der Waals surface area contributed by atoms with Crippen molar-refractivity contribution in [2.24, 2.45) is 0 Å². The zero-order valence-corrected chi connectivity index (χ0v) is 10.7. The number of aryl methyl sites for hydroxylation is 1. The van der Waals surface area contributed by atoms with E-state index in [1.807, 2.05) is 6.20 Å². The number of H-pyrrole nitrogens is 1. The maximum atomic E-state index is 5.52. The van der Waals surface area contributed by atoms with Crippen LogP contribution in [0, 0.1) is 6.92 Å². The molecule has 4 heteroatoms. The smallest absolute Gasteiger partial charge is 0.143 e. The molecule has 4 nitrogen and oxygen atoms in total. The first kappa shape index (κ1) is 11.6. The van der Waals surface area contributed by atoms with Crippen LogP contribution >= 0.6 is 0 Å². The molecule has 0 spiro atoms. The molecule has 1 atom stereocenters. The van der Waals surface area contributed by atoms with Crippen LogP contribution in [0.2, 0.25) is 0 Å². The van der Waals surface area contributed by atoms with Crippen molar-refractivity contribution in [3.8, 4) is 5.75 Å². The molecule has 1 aliphatic heterocycles. The number of nitrogens with one attached hydrogen (secondary N) is 2. The number of morpholine rings is 1. The topological polar surface area (TPSA) is 46.3 Å². The number of benzene rings is 1. The number of rotatable bonds is 2. The molecule has 1 saturated heterocycles. The lowest BCUT2D eigenvalue weighted by Gasteiger charge is -2.24. The maximum Gasteiger partial charge on any atom is 0.143 e. The Kier molecular flexibility index (Phi) is 2.97. The van der Waals surface area contributed by atoms with E-state index in [4.69, 9.17) is 9.47 Å². The molecule has 1 fully saturated rings. The van der Waals surface area contributed by atoms with Gasteiger partial charge in [-0.2, -0.15) is 0 Å². The van der Waals surface area contributed by atoms with E-state index in [1.165, 1.54) is 16.5 Å². The van der Waals surface area contributed by atoms with Crippen molar-refractivity contribution in [1.82, 2.24) is 10.3 Å². The second-order valence-corrected chi connectivity index (χ2v) is 4.70. The Balaban J connectivity index is 2.08. The predicted molar refractivity (Wildman–Crippen MR) is 71.2 cm³/mol. The molecule has 0 amide bonds. The van der Waals surface area contributed by atoms with E-state index in [-0.39, 0.29) is 6.04 Å². The van der Waals surface area contributed by atoms with Crippen LogP contribution in [-0.2, 0) is 4.74 Å². The third-order valence-electron chi connectivity index (χ3n) is 3.53. The number of hydrogen-bond donors (Lipinski definition) is 2. The highest BCUT2D eigenvalue weighted by atomic mass is 16.5. The van der Waals surface area contributed by atoms with Crippen molar-refractivity contribution < 1.29 is 9.47 Å². The molecule has 0 bridgehead atoms. The Morgan fingerprint density at radius 1 is 1.39 bits per heavy atom. The number of methoxy groups -OCH3 is 1. The molecule has 2 N–H and O–H groups in total. The van der Waals surface area contributed by atoms with Gasteiger partial charge in [0, 0.05) is 18.1 Å². The van der Waals surface area contributed by atoms with Crippen LogP contribution < -0.4 is 10.1 Å². The fourth-order valence-electron chi connectivity index (χ4n) is 2.50. The first-order valence-corrected chi connectivity index (χ1v) is 6.26. The molecular weight excluding hydrogens is 228 g/mol. The fourth-order valence-corrected chi connectivity index (χ4v) is 2.50. The van der Waals surface area contributed by atoms with Crippen molar-refractivity contribution >= 4 is 10.9 Å². The van der Waals surface area contributed by atoms with Crippen molar-refractivity contribution in [3.05, 3.63) is 29.5 Å². The number of ether oxygens (including phenoxy) is 2. The normalized spacial score (nSPS) is 20.2. The van der Waals surface area contributed by atoms with Gasteiger partial charge in [0.2, 0.25) is 0 Å². The van der Waals surface area contributed by atoms with Crippen molar-refractivity contribution in [2.45, 2.75) is 13.0 Å². The van der Waals surface area contributed by atoms with E-state index in [2.05, 4.69) is 29.4 Å². The largest absolute Gasteiger partial charge is 0.495 e. The Morgan fingerprint density at radius 2 is 2.28 bits per heavy atom. The third kappa shape index (κ3) is 1.87. The Labute approximate surface area is 106 Å². The van der Waals surface area contributed by atoms with Crippen LogP contribution in [0.25, 0.3) is 10.9 Å². The van der Waals surface area contributed by atoms with Crippen LogP contribution in [0.3, 0.4) is 0 Å². The van der Waals surface area contributed by atoms with E-state index in [9.17, 15) is 0 Å². The summed E-state index contributed by atoms with van der Waals surface area (Å²) in [5.41, 5.74) is 3.53. The summed E-state index contributed by atoms with van der Waals surface area (Å²) in [5, 5.41) is 4.69. The lowest BCUT2D eigenvalue weighted by Crippen LogP contribution is -2.34. The van der Waals surface area contributed by atoms with Gasteiger partial charge < -0.3 is 19.8 Å². The maximum absolute atomic E-state index is 5.52. The number of fused-ring (bicyclic) bond motifs is 1. The molecule has 2 aromatic rings. The summed E-state index contributed by atoms with van der Waals surface area (Å²) in [7, 11) is 1.71. The summed E-state index contributed by atoms with van der Waals surface area (Å²) in [6.07, 6.45) is 2.02. The van der Waals surface area contributed by atoms with Gasteiger partial charge in [-0.25, -0.2) is 0 Å². The summed E-state index contributed by atoms with van der Waals surface area (Å²) < 4.78 is 11.0. The van der Waals surface area contributed by atoms with Gasteiger partial charge in [0.25, 0.3) is 0 Å². The molecule has 2 heterocycles. The molecule has 96 valence electrons. The number of aromatic nitrogens is 1. The van der Waals surface area contributed by atoms with E-state index < -0.39 is 0 Å². The monoisotopic (exact) mass is 246 g/mol. The minimum absolute atomic E-state index is 0.256. The molecule has 1 unspecified atom stereocenters. The fraction of sp³-hybridized carbons (Fsp3) is 0.429. The quantitative estimate of drug-likeness (QED) is 0.853. The van der Waals surface area contributed by atoms with Crippen LogP contribution in [-0.4, -0.2) is 31.9 Å². The molecular formula is C14H18N2O2. The van der Waals surface area contributed by atoms with Gasteiger partial charge in [-0.1, -0.05) is 0 Å². The minimum atomic E-state index is 0.256. The van der Waals surface area contributed by atoms with E-state index >= 15 is 0 Å². The summed E-state index contributed by atoms with van der Waals surface area (Å²) >= 11 is 0. The molecule has 0 saturated carbocycles. The first-order valence-electron chi connectivity index (χ1n) is 6.26. The second-order valence-electron chi connectivity index (χ2n) is 4.70. The van der Waals surface area contributed by atoms with Gasteiger partial charge >= 0.3 is 0 Å². The lowest BCUT2D eigenvalue weighted by molar-refractivity contribution is 0.0768. The first-order chi connectivity index (χ1) is 8.79. The van der Waals surface area contributed by atoms with E-state index in [1.54, 1.807) is 7.11 Å². The average Bonchev–Trinajstić information content (AvgIpc) is 2.81. The summed E-state index contributed by atoms with van der Waals surface area (Å²) in [5.74, 6) is 0.892. The highest BCUT2D eigenvalue weighted by Crippen LogP contribution is 2.31. The van der Waals surface area contributed by atoms with Crippen LogP contribution in [0.15, 0.2) is 18.3 Å². The molecule has 1 aliphatic rings. The summed E-state index contributed by atoms with van der Waals surface area (Å²) in [4.78, 5) is 3.26. The molecule has 3 rings (SSSR count). The molecule has 18 heavy (non-hydrogen) atoms. The van der Waals surface area contributed by atoms with Crippen LogP contribution in [0.1, 0.15) is 17.2 Å². The Hall–Kier alpha value is -1.52. The average molecular weight is 246 g/mol. The minimum Gasteiger partial charge on any atom is -0.495 e. The number of hydrogen-bond acceptors (Lipinski definition) is 3. The predicted octanol–water partition coefficient (Wildman–Crippen LogP) is 2.15. The number of aromatic amines is 1. The molecule has 1 aromatic carbocycles. The standard InChI is InChI=1S/C14H18N2O2/c1-9-7-16-14-11(9)5-10(6-13(14)17-2)12-8-18-4-3-15-12/h5-7,12,15-16H,3-4,8H2,1-2H3. The van der Waals surface area contributed by atoms with Crippen LogP contribution in [0.5, 0.6) is 5.75 Å². The van der Waals surface area contributed by atoms with Gasteiger partial charge in [-0.05, 0) is 30.2 Å². The van der Waals surface area contributed by atoms with E-state index in [0.29, 0.717) is 0 Å². The Morgan fingerprint density at radius 3 is 3.00 bits per heavy atom. The van der Waals surface area contributed by atoms with Gasteiger partial charge in [0.1, 0.15) is 5.75 Å². The zero-order valence-electron chi connectivity index (χ0n) is 10.7. The molecule has 0 radical (unpaired) electrons. The second kappa shape index (κ2) is 4.63. The summed E-state index contributed by atoms with van der Waals surface area (Å²) in [6, 6.07) is 4.56. The Bertz CT molecular complexity index is 556. The van der Waals surface area contributed by atoms with Gasteiger partial charge in [-0.3, -0.25) is 0 Å². The molecule has 1 aromatic heterocycles. The summed E-state index contributed by atoms with van der Waals surface area (Å²) in [6.45, 7) is 4.52. The highest BCUT2D eigenvalue weighted by molar-refractivity contribution is 5.89. The molecule has 0 aliphatic carbocycles. The zero-order chi connectivity index (χ0) is 12.5. The van der Waals surface area contributed by atoms with Crippen LogP contribution in [0.4, 0.5) is 0 Å².